The molecule has 0 spiro atoms. The lowest BCUT2D eigenvalue weighted by atomic mass is 9.96. The largest absolute Gasteiger partial charge is 0.383 e. The maximum Gasteiger partial charge on any atom is 0.193 e. The Morgan fingerprint density at radius 2 is 2.25 bits per heavy atom. The molecule has 0 saturated carbocycles. The molecule has 0 amide bonds. The monoisotopic (exact) mass is 327 g/mol. The summed E-state index contributed by atoms with van der Waals surface area (Å²) in [4.78, 5) is 6.36. The van der Waals surface area contributed by atoms with E-state index in [2.05, 4.69) is 21.5 Å². The summed E-state index contributed by atoms with van der Waals surface area (Å²) >= 11 is 0. The second-order valence-corrected chi connectivity index (χ2v) is 6.47. The van der Waals surface area contributed by atoms with Crippen molar-refractivity contribution in [2.75, 3.05) is 20.6 Å². The summed E-state index contributed by atoms with van der Waals surface area (Å²) in [5.74, 6) is 0.761. The fraction of sp³-hybridized carbons (Fsp3) is 0.444. The van der Waals surface area contributed by atoms with Crippen LogP contribution in [-0.2, 0) is 25.6 Å². The van der Waals surface area contributed by atoms with Crippen molar-refractivity contribution in [3.63, 3.8) is 0 Å². The number of nitrogens with zero attached hydrogens (tertiary/aromatic N) is 4. The van der Waals surface area contributed by atoms with Crippen LogP contribution in [0.15, 0.2) is 41.7 Å². The highest BCUT2D eigenvalue weighted by Crippen LogP contribution is 2.36. The summed E-state index contributed by atoms with van der Waals surface area (Å²) in [5, 5.41) is 18.5. The molecule has 6 nitrogen and oxygen atoms in total. The lowest BCUT2D eigenvalue weighted by Gasteiger charge is -2.28. The standard InChI is InChI=1S/C18H25N5O/c1-19-17(22(2)11-14-10-21-23(3)12-14)20-13-18(24)9-8-15-6-4-5-7-16(15)18/h4-7,10,12,24H,8-9,11,13H2,1-3H3,(H,19,20). The first-order valence-corrected chi connectivity index (χ1v) is 8.22. The van der Waals surface area contributed by atoms with Crippen LogP contribution in [0, 0.1) is 0 Å². The minimum Gasteiger partial charge on any atom is -0.383 e. The van der Waals surface area contributed by atoms with Crippen LogP contribution in [0.25, 0.3) is 0 Å². The van der Waals surface area contributed by atoms with Crippen LogP contribution in [0.5, 0.6) is 0 Å². The molecule has 0 radical (unpaired) electrons. The number of benzene rings is 1. The first-order valence-electron chi connectivity index (χ1n) is 8.22. The van der Waals surface area contributed by atoms with Gasteiger partial charge >= 0.3 is 0 Å². The summed E-state index contributed by atoms with van der Waals surface area (Å²) in [6.07, 6.45) is 5.50. The number of rotatable bonds is 4. The topological polar surface area (TPSA) is 65.7 Å². The molecule has 1 atom stereocenters. The van der Waals surface area contributed by atoms with Gasteiger partial charge in [-0.25, -0.2) is 0 Å². The first-order chi connectivity index (χ1) is 11.5. The molecule has 0 saturated heterocycles. The quantitative estimate of drug-likeness (QED) is 0.655. The van der Waals surface area contributed by atoms with Gasteiger partial charge in [0, 0.05) is 39.4 Å². The summed E-state index contributed by atoms with van der Waals surface area (Å²) in [7, 11) is 5.65. The third kappa shape index (κ3) is 3.28. The first kappa shape index (κ1) is 16.5. The second kappa shape index (κ2) is 6.65. The Bertz CT molecular complexity index is 739. The summed E-state index contributed by atoms with van der Waals surface area (Å²) in [6.45, 7) is 1.16. The van der Waals surface area contributed by atoms with Crippen LogP contribution in [0.4, 0.5) is 0 Å². The van der Waals surface area contributed by atoms with Crippen LogP contribution in [0.2, 0.25) is 0 Å². The Morgan fingerprint density at radius 1 is 1.46 bits per heavy atom. The molecule has 1 unspecified atom stereocenters. The van der Waals surface area contributed by atoms with Crippen LogP contribution in [0.3, 0.4) is 0 Å². The van der Waals surface area contributed by atoms with Crippen molar-refractivity contribution in [2.24, 2.45) is 12.0 Å². The average molecular weight is 327 g/mol. The van der Waals surface area contributed by atoms with E-state index in [-0.39, 0.29) is 0 Å². The fourth-order valence-corrected chi connectivity index (χ4v) is 3.36. The molecule has 0 fully saturated rings. The number of aliphatic imine (C=N–C) groups is 1. The number of hydrogen-bond acceptors (Lipinski definition) is 3. The van der Waals surface area contributed by atoms with Crippen molar-refractivity contribution >= 4 is 5.96 Å². The van der Waals surface area contributed by atoms with Crippen molar-refractivity contribution in [1.82, 2.24) is 20.0 Å². The van der Waals surface area contributed by atoms with Crippen molar-refractivity contribution in [3.05, 3.63) is 53.3 Å². The minimum absolute atomic E-state index is 0.452. The molecular formula is C18H25N5O. The SMILES string of the molecule is CN=C(NCC1(O)CCc2ccccc21)N(C)Cc1cnn(C)c1. The Morgan fingerprint density at radius 3 is 2.96 bits per heavy atom. The summed E-state index contributed by atoms with van der Waals surface area (Å²) < 4.78 is 1.79. The fourth-order valence-electron chi connectivity index (χ4n) is 3.36. The minimum atomic E-state index is -0.832. The highest BCUT2D eigenvalue weighted by Gasteiger charge is 2.36. The van der Waals surface area contributed by atoms with Crippen molar-refractivity contribution in [3.8, 4) is 0 Å². The number of aryl methyl sites for hydroxylation is 2. The smallest absolute Gasteiger partial charge is 0.193 e. The van der Waals surface area contributed by atoms with E-state index in [9.17, 15) is 5.11 Å². The van der Waals surface area contributed by atoms with E-state index in [1.54, 1.807) is 11.7 Å². The van der Waals surface area contributed by atoms with Crippen molar-refractivity contribution < 1.29 is 5.11 Å². The average Bonchev–Trinajstić information content (AvgIpc) is 3.13. The van der Waals surface area contributed by atoms with Crippen LogP contribution >= 0.6 is 0 Å². The zero-order chi connectivity index (χ0) is 17.2. The lowest BCUT2D eigenvalue weighted by Crippen LogP contribution is -2.45. The Labute approximate surface area is 142 Å². The van der Waals surface area contributed by atoms with Crippen molar-refractivity contribution in [1.29, 1.82) is 0 Å². The number of aliphatic hydroxyl groups is 1. The summed E-state index contributed by atoms with van der Waals surface area (Å²) in [5.41, 5.74) is 2.55. The molecular weight excluding hydrogens is 302 g/mol. The molecule has 2 aromatic rings. The Hall–Kier alpha value is -2.34. The molecule has 2 N–H and O–H groups in total. The van der Waals surface area contributed by atoms with Crippen LogP contribution in [0.1, 0.15) is 23.1 Å². The molecule has 3 rings (SSSR count). The van der Waals surface area contributed by atoms with Crippen LogP contribution < -0.4 is 5.32 Å². The molecule has 1 aliphatic carbocycles. The van der Waals surface area contributed by atoms with E-state index in [0.717, 1.165) is 29.9 Å². The van der Waals surface area contributed by atoms with Gasteiger partial charge in [0.15, 0.2) is 5.96 Å². The molecule has 0 aliphatic heterocycles. The highest BCUT2D eigenvalue weighted by atomic mass is 16.3. The van der Waals surface area contributed by atoms with E-state index in [1.807, 2.05) is 49.6 Å². The number of nitrogens with one attached hydrogen (secondary N) is 1. The number of guanidine groups is 1. The Balaban J connectivity index is 1.64. The van der Waals surface area contributed by atoms with Gasteiger partial charge in [0.1, 0.15) is 5.60 Å². The van der Waals surface area contributed by atoms with Gasteiger partial charge in [0.2, 0.25) is 0 Å². The predicted octanol–water partition coefficient (Wildman–Crippen LogP) is 1.26. The van der Waals surface area contributed by atoms with Gasteiger partial charge in [-0.3, -0.25) is 9.67 Å². The van der Waals surface area contributed by atoms with E-state index in [1.165, 1.54) is 5.56 Å². The normalized spacial score (nSPS) is 20.1. The third-order valence-electron chi connectivity index (χ3n) is 4.62. The zero-order valence-corrected chi connectivity index (χ0v) is 14.5. The molecule has 0 bridgehead atoms. The van der Waals surface area contributed by atoms with Gasteiger partial charge < -0.3 is 15.3 Å². The number of fused-ring (bicyclic) bond motifs is 1. The third-order valence-corrected chi connectivity index (χ3v) is 4.62. The van der Waals surface area contributed by atoms with E-state index in [0.29, 0.717) is 13.1 Å². The predicted molar refractivity (Wildman–Crippen MR) is 94.7 cm³/mol. The van der Waals surface area contributed by atoms with E-state index in [4.69, 9.17) is 0 Å². The van der Waals surface area contributed by atoms with E-state index < -0.39 is 5.60 Å². The number of hydrogen-bond donors (Lipinski definition) is 2. The van der Waals surface area contributed by atoms with Gasteiger partial charge in [0.05, 0.1) is 12.7 Å². The highest BCUT2D eigenvalue weighted by molar-refractivity contribution is 5.79. The zero-order valence-electron chi connectivity index (χ0n) is 14.5. The summed E-state index contributed by atoms with van der Waals surface area (Å²) in [6, 6.07) is 8.12. The molecule has 24 heavy (non-hydrogen) atoms. The molecule has 1 aromatic heterocycles. The maximum atomic E-state index is 11.0. The van der Waals surface area contributed by atoms with Gasteiger partial charge in [-0.1, -0.05) is 24.3 Å². The molecule has 1 aliphatic rings. The molecule has 128 valence electrons. The van der Waals surface area contributed by atoms with E-state index >= 15 is 0 Å². The van der Waals surface area contributed by atoms with Gasteiger partial charge in [0.25, 0.3) is 0 Å². The maximum absolute atomic E-state index is 11.0. The van der Waals surface area contributed by atoms with Crippen molar-refractivity contribution in [2.45, 2.75) is 25.0 Å². The van der Waals surface area contributed by atoms with Gasteiger partial charge in [-0.05, 0) is 24.0 Å². The molecule has 1 heterocycles. The lowest BCUT2D eigenvalue weighted by molar-refractivity contribution is 0.0427. The molecule has 1 aromatic carbocycles. The Kier molecular flexibility index (Phi) is 4.57. The number of aromatic nitrogens is 2. The van der Waals surface area contributed by atoms with Gasteiger partial charge in [-0.15, -0.1) is 0 Å². The van der Waals surface area contributed by atoms with Gasteiger partial charge in [-0.2, -0.15) is 5.10 Å². The second-order valence-electron chi connectivity index (χ2n) is 6.47. The van der Waals surface area contributed by atoms with Crippen LogP contribution in [-0.4, -0.2) is 46.4 Å². The molecule has 6 heteroatoms.